The average Bonchev–Trinajstić information content (AvgIpc) is 3.04. The highest BCUT2D eigenvalue weighted by atomic mass is 16.5. The maximum absolute atomic E-state index is 11.7. The Morgan fingerprint density at radius 1 is 1.18 bits per heavy atom. The second kappa shape index (κ2) is 7.94. The minimum Gasteiger partial charge on any atom is -0.376 e. The molecule has 0 saturated carbocycles. The first-order chi connectivity index (χ1) is 10.6. The lowest BCUT2D eigenvalue weighted by molar-refractivity contribution is -0.139. The summed E-state index contributed by atoms with van der Waals surface area (Å²) in [6.07, 6.45) is 1.99. The van der Waals surface area contributed by atoms with E-state index in [1.165, 1.54) is 5.56 Å². The van der Waals surface area contributed by atoms with Crippen molar-refractivity contribution in [1.82, 2.24) is 10.6 Å². The number of benzene rings is 1. The van der Waals surface area contributed by atoms with E-state index in [0.717, 1.165) is 25.0 Å². The minimum atomic E-state index is -0.606. The second-order valence-corrected chi connectivity index (χ2v) is 5.92. The van der Waals surface area contributed by atoms with Crippen LogP contribution in [0.5, 0.6) is 0 Å². The molecule has 0 radical (unpaired) electrons. The van der Waals surface area contributed by atoms with Gasteiger partial charge >= 0.3 is 11.8 Å². The van der Waals surface area contributed by atoms with E-state index in [0.29, 0.717) is 19.0 Å². The van der Waals surface area contributed by atoms with Crippen LogP contribution >= 0.6 is 0 Å². The summed E-state index contributed by atoms with van der Waals surface area (Å²) in [7, 11) is 0. The van der Waals surface area contributed by atoms with Gasteiger partial charge in [0.25, 0.3) is 0 Å². The second-order valence-electron chi connectivity index (χ2n) is 5.92. The zero-order valence-electron chi connectivity index (χ0n) is 13.2. The number of ether oxygens (including phenoxy) is 1. The van der Waals surface area contributed by atoms with E-state index in [4.69, 9.17) is 4.74 Å². The fourth-order valence-electron chi connectivity index (χ4n) is 2.38. The molecule has 2 rings (SSSR count). The first kappa shape index (κ1) is 16.5. The van der Waals surface area contributed by atoms with Crippen LogP contribution in [0.2, 0.25) is 0 Å². The Bertz CT molecular complexity index is 505. The van der Waals surface area contributed by atoms with Gasteiger partial charge < -0.3 is 15.4 Å². The fraction of sp³-hybridized carbons (Fsp3) is 0.529. The van der Waals surface area contributed by atoms with Gasteiger partial charge in [-0.3, -0.25) is 9.59 Å². The molecule has 5 heteroatoms. The van der Waals surface area contributed by atoms with Gasteiger partial charge in [0.1, 0.15) is 0 Å². The van der Waals surface area contributed by atoms with Crippen molar-refractivity contribution < 1.29 is 14.3 Å². The summed E-state index contributed by atoms with van der Waals surface area (Å²) in [4.78, 5) is 23.4. The molecule has 0 aliphatic carbocycles. The number of rotatable bonds is 5. The molecule has 1 aromatic carbocycles. The molecular formula is C17H24N2O3. The fourth-order valence-corrected chi connectivity index (χ4v) is 2.38. The van der Waals surface area contributed by atoms with Gasteiger partial charge in [-0.25, -0.2) is 0 Å². The zero-order valence-corrected chi connectivity index (χ0v) is 13.2. The number of carbonyl (C=O) groups excluding carboxylic acids is 2. The monoisotopic (exact) mass is 304 g/mol. The van der Waals surface area contributed by atoms with Crippen molar-refractivity contribution in [3.8, 4) is 0 Å². The van der Waals surface area contributed by atoms with Crippen molar-refractivity contribution in [3.05, 3.63) is 35.4 Å². The quantitative estimate of drug-likeness (QED) is 0.814. The highest BCUT2D eigenvalue weighted by molar-refractivity contribution is 6.35. The van der Waals surface area contributed by atoms with Crippen LogP contribution in [0.4, 0.5) is 0 Å². The van der Waals surface area contributed by atoms with Crippen LogP contribution in [-0.4, -0.2) is 31.1 Å². The summed E-state index contributed by atoms with van der Waals surface area (Å²) in [5, 5.41) is 5.24. The van der Waals surface area contributed by atoms with Gasteiger partial charge in [-0.15, -0.1) is 0 Å². The van der Waals surface area contributed by atoms with Crippen molar-refractivity contribution in [2.24, 2.45) is 0 Å². The summed E-state index contributed by atoms with van der Waals surface area (Å²) in [5.41, 5.74) is 2.23. The number of amides is 2. The number of hydrogen-bond donors (Lipinski definition) is 2. The Kier molecular flexibility index (Phi) is 5.95. The molecule has 1 atom stereocenters. The molecule has 1 saturated heterocycles. The van der Waals surface area contributed by atoms with E-state index in [2.05, 4.69) is 24.5 Å². The molecular weight excluding hydrogens is 280 g/mol. The van der Waals surface area contributed by atoms with E-state index in [1.807, 2.05) is 24.3 Å². The zero-order chi connectivity index (χ0) is 15.9. The van der Waals surface area contributed by atoms with Gasteiger partial charge in [-0.2, -0.15) is 0 Å². The third-order valence-electron chi connectivity index (χ3n) is 3.82. The van der Waals surface area contributed by atoms with Crippen LogP contribution in [-0.2, 0) is 20.9 Å². The van der Waals surface area contributed by atoms with Crippen molar-refractivity contribution in [2.45, 2.75) is 45.3 Å². The normalized spacial score (nSPS) is 17.5. The van der Waals surface area contributed by atoms with Crippen molar-refractivity contribution in [2.75, 3.05) is 13.2 Å². The molecule has 0 aromatic heterocycles. The first-order valence-corrected chi connectivity index (χ1v) is 7.82. The Morgan fingerprint density at radius 3 is 2.45 bits per heavy atom. The van der Waals surface area contributed by atoms with Crippen LogP contribution in [0.15, 0.2) is 24.3 Å². The molecule has 2 amide bonds. The van der Waals surface area contributed by atoms with E-state index >= 15 is 0 Å². The van der Waals surface area contributed by atoms with Gasteiger partial charge in [0.2, 0.25) is 0 Å². The largest absolute Gasteiger partial charge is 0.376 e. The average molecular weight is 304 g/mol. The Morgan fingerprint density at radius 2 is 1.86 bits per heavy atom. The molecule has 1 aliphatic heterocycles. The molecule has 0 bridgehead atoms. The number of hydrogen-bond acceptors (Lipinski definition) is 3. The molecule has 22 heavy (non-hydrogen) atoms. The maximum Gasteiger partial charge on any atom is 0.309 e. The standard InChI is InChI=1S/C17H24N2O3/c1-12(2)14-7-5-13(6-8-14)10-18-16(20)17(21)19-11-15-4-3-9-22-15/h5-8,12,15H,3-4,9-11H2,1-2H3,(H,18,20)(H,19,21)/t15-/m0/s1. The summed E-state index contributed by atoms with van der Waals surface area (Å²) >= 11 is 0. The van der Waals surface area contributed by atoms with Gasteiger partial charge in [-0.05, 0) is 29.9 Å². The molecule has 0 unspecified atom stereocenters. The lowest BCUT2D eigenvalue weighted by Crippen LogP contribution is -2.42. The molecule has 1 fully saturated rings. The molecule has 5 nitrogen and oxygen atoms in total. The van der Waals surface area contributed by atoms with E-state index in [9.17, 15) is 9.59 Å². The molecule has 0 spiro atoms. The van der Waals surface area contributed by atoms with Gasteiger partial charge in [0, 0.05) is 19.7 Å². The topological polar surface area (TPSA) is 67.4 Å². The molecule has 2 N–H and O–H groups in total. The highest BCUT2D eigenvalue weighted by Crippen LogP contribution is 2.14. The Labute approximate surface area is 131 Å². The van der Waals surface area contributed by atoms with Crippen LogP contribution in [0.1, 0.15) is 43.7 Å². The van der Waals surface area contributed by atoms with E-state index in [-0.39, 0.29) is 6.10 Å². The summed E-state index contributed by atoms with van der Waals surface area (Å²) in [6.45, 7) is 5.75. The smallest absolute Gasteiger partial charge is 0.309 e. The van der Waals surface area contributed by atoms with Crippen LogP contribution in [0, 0.1) is 0 Å². The first-order valence-electron chi connectivity index (χ1n) is 7.82. The Balaban J connectivity index is 1.72. The maximum atomic E-state index is 11.7. The summed E-state index contributed by atoms with van der Waals surface area (Å²) in [6, 6.07) is 8.03. The van der Waals surface area contributed by atoms with Crippen LogP contribution in [0.25, 0.3) is 0 Å². The predicted molar refractivity (Wildman–Crippen MR) is 84.4 cm³/mol. The molecule has 1 aromatic rings. The van der Waals surface area contributed by atoms with Crippen molar-refractivity contribution >= 4 is 11.8 Å². The van der Waals surface area contributed by atoms with Crippen molar-refractivity contribution in [1.29, 1.82) is 0 Å². The Hall–Kier alpha value is -1.88. The molecule has 120 valence electrons. The van der Waals surface area contributed by atoms with E-state index < -0.39 is 11.8 Å². The lowest BCUT2D eigenvalue weighted by Gasteiger charge is -2.11. The van der Waals surface area contributed by atoms with Crippen molar-refractivity contribution in [3.63, 3.8) is 0 Å². The van der Waals surface area contributed by atoms with E-state index in [1.54, 1.807) is 0 Å². The lowest BCUT2D eigenvalue weighted by atomic mass is 10.0. The van der Waals surface area contributed by atoms with Crippen LogP contribution in [0.3, 0.4) is 0 Å². The predicted octanol–water partition coefficient (Wildman–Crippen LogP) is 1.72. The third kappa shape index (κ3) is 4.84. The third-order valence-corrected chi connectivity index (χ3v) is 3.82. The highest BCUT2D eigenvalue weighted by Gasteiger charge is 2.19. The number of nitrogens with one attached hydrogen (secondary N) is 2. The minimum absolute atomic E-state index is 0.0420. The summed E-state index contributed by atoms with van der Waals surface area (Å²) < 4.78 is 5.40. The SMILES string of the molecule is CC(C)c1ccc(CNC(=O)C(=O)NC[C@@H]2CCCO2)cc1. The van der Waals surface area contributed by atoms with Gasteiger partial charge in [-0.1, -0.05) is 38.1 Å². The number of carbonyl (C=O) groups is 2. The molecule has 1 aliphatic rings. The van der Waals surface area contributed by atoms with Gasteiger partial charge in [0.05, 0.1) is 6.10 Å². The van der Waals surface area contributed by atoms with Gasteiger partial charge in [0.15, 0.2) is 0 Å². The van der Waals surface area contributed by atoms with Crippen LogP contribution < -0.4 is 10.6 Å². The summed E-state index contributed by atoms with van der Waals surface area (Å²) in [5.74, 6) is -0.729. The molecule has 1 heterocycles.